The fraction of sp³-hybridized carbons (Fsp3) is 0.400. The maximum Gasteiger partial charge on any atom is 0.446 e. The summed E-state index contributed by atoms with van der Waals surface area (Å²) in [6.45, 7) is 0. The fourth-order valence-electron chi connectivity index (χ4n) is 3.81. The molecule has 166 valence electrons. The summed E-state index contributed by atoms with van der Waals surface area (Å²) < 4.78 is 58.3. The number of aldehydes is 1. The van der Waals surface area contributed by atoms with Gasteiger partial charge < -0.3 is 4.98 Å². The standard InChI is InChI=1S/C18H19F2N5.C2HF3O/c19-16(20)6-5-15(12-3-1-2-4-12)25-10-13(9-24-25)17-14-7-8-21-18(14)23-11-22-17;3-2(4,5)1-6/h6-12,15H,1-5H2,(H,21,22,23);1H. The molecule has 3 aromatic heterocycles. The number of hydrogen-bond acceptors (Lipinski definition) is 4. The van der Waals surface area contributed by atoms with Gasteiger partial charge in [0.05, 0.1) is 17.9 Å². The zero-order valence-electron chi connectivity index (χ0n) is 16.3. The smallest absolute Gasteiger partial charge is 0.346 e. The maximum absolute atomic E-state index is 12.6. The van der Waals surface area contributed by atoms with Crippen molar-refractivity contribution in [2.24, 2.45) is 5.92 Å². The van der Waals surface area contributed by atoms with E-state index in [1.165, 1.54) is 6.33 Å². The predicted molar refractivity (Wildman–Crippen MR) is 103 cm³/mol. The van der Waals surface area contributed by atoms with Crippen molar-refractivity contribution in [3.05, 3.63) is 43.1 Å². The normalized spacial score (nSPS) is 15.4. The number of halogens is 5. The van der Waals surface area contributed by atoms with Gasteiger partial charge >= 0.3 is 6.18 Å². The molecule has 6 nitrogen and oxygen atoms in total. The quantitative estimate of drug-likeness (QED) is 0.421. The minimum absolute atomic E-state index is 0.0405. The highest BCUT2D eigenvalue weighted by Gasteiger charge is 2.27. The van der Waals surface area contributed by atoms with Crippen molar-refractivity contribution in [1.82, 2.24) is 24.7 Å². The Morgan fingerprint density at radius 2 is 1.97 bits per heavy atom. The average Bonchev–Trinajstić information content (AvgIpc) is 3.49. The second-order valence-corrected chi connectivity index (χ2v) is 7.17. The van der Waals surface area contributed by atoms with E-state index in [0.29, 0.717) is 12.3 Å². The van der Waals surface area contributed by atoms with Gasteiger partial charge in [0.15, 0.2) is 0 Å². The number of H-pyrrole nitrogens is 1. The largest absolute Gasteiger partial charge is 0.446 e. The van der Waals surface area contributed by atoms with Crippen LogP contribution in [0.2, 0.25) is 0 Å². The number of hydrogen-bond donors (Lipinski definition) is 1. The number of carbonyl (C=O) groups is 1. The summed E-state index contributed by atoms with van der Waals surface area (Å²) in [5, 5.41) is 5.40. The Bertz CT molecular complexity index is 1030. The fourth-order valence-corrected chi connectivity index (χ4v) is 3.81. The molecule has 0 spiro atoms. The van der Waals surface area contributed by atoms with Crippen LogP contribution >= 0.6 is 0 Å². The molecule has 1 aliphatic rings. The van der Waals surface area contributed by atoms with Crippen LogP contribution in [0.1, 0.15) is 38.1 Å². The highest BCUT2D eigenvalue weighted by molar-refractivity contribution is 5.89. The van der Waals surface area contributed by atoms with E-state index < -0.39 is 18.5 Å². The maximum atomic E-state index is 12.6. The molecular weight excluding hydrogens is 421 g/mol. The number of fused-ring (bicyclic) bond motifs is 1. The van der Waals surface area contributed by atoms with E-state index in [0.717, 1.165) is 54.1 Å². The highest BCUT2D eigenvalue weighted by atomic mass is 19.4. The molecule has 0 bridgehead atoms. The van der Waals surface area contributed by atoms with Crippen molar-refractivity contribution in [2.75, 3.05) is 0 Å². The van der Waals surface area contributed by atoms with E-state index in [1.54, 1.807) is 6.20 Å². The molecule has 1 N–H and O–H groups in total. The van der Waals surface area contributed by atoms with E-state index in [1.807, 2.05) is 23.1 Å². The lowest BCUT2D eigenvalue weighted by Crippen LogP contribution is -2.17. The third-order valence-electron chi connectivity index (χ3n) is 5.16. The monoisotopic (exact) mass is 441 g/mol. The lowest BCUT2D eigenvalue weighted by molar-refractivity contribution is -0.156. The van der Waals surface area contributed by atoms with Crippen molar-refractivity contribution in [2.45, 2.75) is 44.3 Å². The highest BCUT2D eigenvalue weighted by Crippen LogP contribution is 2.37. The van der Waals surface area contributed by atoms with Gasteiger partial charge in [-0.05, 0) is 37.3 Å². The second-order valence-electron chi connectivity index (χ2n) is 7.17. The molecule has 0 amide bonds. The molecule has 1 atom stereocenters. The number of nitrogens with zero attached hydrogens (tertiary/aromatic N) is 4. The molecule has 31 heavy (non-hydrogen) atoms. The summed E-state index contributed by atoms with van der Waals surface area (Å²) in [6, 6.07) is 1.89. The summed E-state index contributed by atoms with van der Waals surface area (Å²) >= 11 is 0. The molecule has 0 aromatic carbocycles. The third kappa shape index (κ3) is 5.96. The minimum atomic E-state index is -4.64. The Morgan fingerprint density at radius 1 is 1.26 bits per heavy atom. The van der Waals surface area contributed by atoms with Crippen molar-refractivity contribution >= 4 is 17.3 Å². The SMILES string of the molecule is FC(F)=CCC(C1CCCC1)n1cc(-c2ncnc3[nH]ccc23)cn1.O=CC(F)(F)F. The lowest BCUT2D eigenvalue weighted by Gasteiger charge is -2.22. The number of nitrogens with one attached hydrogen (secondary N) is 1. The number of aromatic amines is 1. The topological polar surface area (TPSA) is 76.5 Å². The first-order valence-corrected chi connectivity index (χ1v) is 9.65. The Morgan fingerprint density at radius 3 is 2.61 bits per heavy atom. The second kappa shape index (κ2) is 9.80. The first-order chi connectivity index (χ1) is 14.8. The molecular formula is C20H20F5N5O. The summed E-state index contributed by atoms with van der Waals surface area (Å²) in [5.74, 6) is 0.390. The molecule has 3 aromatic rings. The minimum Gasteiger partial charge on any atom is -0.346 e. The van der Waals surface area contributed by atoms with Crippen LogP contribution in [0.5, 0.6) is 0 Å². The van der Waals surface area contributed by atoms with Crippen LogP contribution in [0.25, 0.3) is 22.3 Å². The van der Waals surface area contributed by atoms with E-state index >= 15 is 0 Å². The molecule has 1 fully saturated rings. The zero-order valence-corrected chi connectivity index (χ0v) is 16.3. The molecule has 0 radical (unpaired) electrons. The van der Waals surface area contributed by atoms with Gasteiger partial charge in [0.1, 0.15) is 12.0 Å². The summed E-state index contributed by atoms with van der Waals surface area (Å²) in [6.07, 6.45) is 5.46. The number of rotatable bonds is 5. The van der Waals surface area contributed by atoms with Crippen molar-refractivity contribution in [3.63, 3.8) is 0 Å². The van der Waals surface area contributed by atoms with Gasteiger partial charge in [0.2, 0.25) is 6.29 Å². The van der Waals surface area contributed by atoms with Gasteiger partial charge in [-0.25, -0.2) is 9.97 Å². The number of allylic oxidation sites excluding steroid dienone is 1. The molecule has 1 saturated carbocycles. The molecule has 0 saturated heterocycles. The van der Waals surface area contributed by atoms with E-state index in [-0.39, 0.29) is 6.04 Å². The number of alkyl halides is 3. The Labute approximate surface area is 174 Å². The van der Waals surface area contributed by atoms with Gasteiger partial charge in [-0.2, -0.15) is 27.1 Å². The van der Waals surface area contributed by atoms with Crippen molar-refractivity contribution in [1.29, 1.82) is 0 Å². The van der Waals surface area contributed by atoms with Crippen LogP contribution < -0.4 is 0 Å². The summed E-state index contributed by atoms with van der Waals surface area (Å²) in [4.78, 5) is 20.3. The Hall–Kier alpha value is -3.11. The van der Waals surface area contributed by atoms with Crippen LogP contribution in [0.15, 0.2) is 43.1 Å². The Balaban J connectivity index is 0.000000401. The predicted octanol–water partition coefficient (Wildman–Crippen LogP) is 5.47. The van der Waals surface area contributed by atoms with Gasteiger partial charge in [0.25, 0.3) is 6.08 Å². The summed E-state index contributed by atoms with van der Waals surface area (Å²) in [5.41, 5.74) is 2.45. The molecule has 1 aliphatic carbocycles. The number of carbonyl (C=O) groups excluding carboxylic acids is 1. The molecule has 1 unspecified atom stereocenters. The third-order valence-corrected chi connectivity index (χ3v) is 5.16. The molecule has 3 heterocycles. The van der Waals surface area contributed by atoms with Crippen LogP contribution in [-0.2, 0) is 4.79 Å². The Kier molecular flexibility index (Phi) is 7.13. The van der Waals surface area contributed by atoms with E-state index in [9.17, 15) is 22.0 Å². The van der Waals surface area contributed by atoms with E-state index in [2.05, 4.69) is 20.1 Å². The lowest BCUT2D eigenvalue weighted by atomic mass is 9.95. The average molecular weight is 441 g/mol. The zero-order chi connectivity index (χ0) is 22.4. The first kappa shape index (κ1) is 22.6. The van der Waals surface area contributed by atoms with Gasteiger partial charge in [-0.15, -0.1) is 0 Å². The van der Waals surface area contributed by atoms with Gasteiger partial charge in [0, 0.05) is 23.3 Å². The number of aromatic nitrogens is 5. The molecule has 4 rings (SSSR count). The van der Waals surface area contributed by atoms with Gasteiger partial charge in [-0.3, -0.25) is 9.48 Å². The van der Waals surface area contributed by atoms with Crippen molar-refractivity contribution in [3.8, 4) is 11.3 Å². The van der Waals surface area contributed by atoms with E-state index in [4.69, 9.17) is 4.79 Å². The van der Waals surface area contributed by atoms with Crippen LogP contribution in [0.3, 0.4) is 0 Å². The summed E-state index contributed by atoms with van der Waals surface area (Å²) in [7, 11) is 0. The van der Waals surface area contributed by atoms with Crippen molar-refractivity contribution < 1.29 is 26.7 Å². The van der Waals surface area contributed by atoms with Crippen LogP contribution in [0.4, 0.5) is 22.0 Å². The molecule has 11 heteroatoms. The van der Waals surface area contributed by atoms with Gasteiger partial charge in [-0.1, -0.05) is 12.8 Å². The molecule has 0 aliphatic heterocycles. The van der Waals surface area contributed by atoms with Crippen LogP contribution in [0, 0.1) is 5.92 Å². The van der Waals surface area contributed by atoms with Crippen LogP contribution in [-0.4, -0.2) is 37.2 Å². The first-order valence-electron chi connectivity index (χ1n) is 9.65.